The van der Waals surface area contributed by atoms with Crippen LogP contribution in [0.3, 0.4) is 0 Å². The van der Waals surface area contributed by atoms with E-state index in [0.29, 0.717) is 5.92 Å². The van der Waals surface area contributed by atoms with Gasteiger partial charge >= 0.3 is 41.9 Å². The van der Waals surface area contributed by atoms with Crippen molar-refractivity contribution in [2.24, 2.45) is 5.92 Å². The molecule has 2 heteroatoms. The van der Waals surface area contributed by atoms with E-state index in [-0.39, 0.29) is 5.43 Å². The van der Waals surface area contributed by atoms with Crippen LogP contribution >= 0.6 is 0 Å². The van der Waals surface area contributed by atoms with Gasteiger partial charge in [-0.2, -0.15) is 6.08 Å². The second kappa shape index (κ2) is 10.7. The molecule has 0 spiro atoms. The molecule has 0 N–H and O–H groups in total. The quantitative estimate of drug-likeness (QED) is 0.288. The normalized spacial score (nSPS) is 14.8. The van der Waals surface area contributed by atoms with Gasteiger partial charge in [0.15, 0.2) is 0 Å². The van der Waals surface area contributed by atoms with Crippen LogP contribution in [0, 0.1) is 12.0 Å². The Morgan fingerprint density at radius 2 is 1.62 bits per heavy atom. The van der Waals surface area contributed by atoms with Crippen LogP contribution in [0.2, 0.25) is 13.1 Å². The Morgan fingerprint density at radius 1 is 1.00 bits per heavy atom. The second-order valence-corrected chi connectivity index (χ2v) is 16.0. The van der Waals surface area contributed by atoms with E-state index in [0.717, 1.165) is 0 Å². The van der Waals surface area contributed by atoms with Gasteiger partial charge in [0.1, 0.15) is 0 Å². The summed E-state index contributed by atoms with van der Waals surface area (Å²) in [6.45, 7) is 8.82. The van der Waals surface area contributed by atoms with Gasteiger partial charge in [-0.3, -0.25) is 6.08 Å². The largest absolute Gasteiger partial charge is 0.150 e. The Labute approximate surface area is 173 Å². The fraction of sp³-hybridized carbons (Fsp3) is 0.208. The number of rotatable bonds is 1. The molecule has 4 rings (SSSR count). The topological polar surface area (TPSA) is 0 Å². The SMILES string of the molecule is CC1=[C-]C(C)C=C1.C[Si](C)=[Zr+2].c1ccc(-c2c[cH-]c3ccccc23)cc1. The first-order valence-electron chi connectivity index (χ1n) is 8.97. The standard InChI is InChI=1S/C15H11.C7H9.C2H6Si.Zr/c1-2-6-12(7-3-1)15-11-10-13-8-4-5-9-14(13)15;1-6-3-4-7(2)5-6;1-3-2;/h1-11H;3-4,6H,1-2H3;1-2H3;/q2*-1;;+2. The van der Waals surface area contributed by atoms with Gasteiger partial charge in [0.25, 0.3) is 0 Å². The average molecular weight is 434 g/mol. The number of allylic oxidation sites excluding steroid dienone is 4. The summed E-state index contributed by atoms with van der Waals surface area (Å²) in [4.78, 5) is 0. The van der Waals surface area contributed by atoms with Crippen molar-refractivity contribution in [3.63, 3.8) is 0 Å². The minimum absolute atomic E-state index is 0.210. The molecule has 3 aromatic rings. The van der Waals surface area contributed by atoms with Crippen LogP contribution in [0.5, 0.6) is 0 Å². The van der Waals surface area contributed by atoms with Gasteiger partial charge in [-0.1, -0.05) is 61.7 Å². The molecule has 0 saturated carbocycles. The van der Waals surface area contributed by atoms with Gasteiger partial charge in [0.2, 0.25) is 0 Å². The van der Waals surface area contributed by atoms with E-state index in [1.165, 1.54) is 27.5 Å². The minimum atomic E-state index is 0.210. The second-order valence-electron chi connectivity index (χ2n) is 6.68. The zero-order valence-electron chi connectivity index (χ0n) is 16.1. The number of hydrogen-bond donors (Lipinski definition) is 0. The maximum Gasteiger partial charge on any atom is -0.0623 e. The summed E-state index contributed by atoms with van der Waals surface area (Å²) < 4.78 is 0. The zero-order chi connectivity index (χ0) is 18.9. The third-order valence-corrected chi connectivity index (χ3v) is 3.86. The molecule has 1 aliphatic carbocycles. The molecule has 0 saturated heterocycles. The summed E-state index contributed by atoms with van der Waals surface area (Å²) in [7, 11) is 0. The zero-order valence-corrected chi connectivity index (χ0v) is 19.5. The van der Waals surface area contributed by atoms with Crippen molar-refractivity contribution in [2.75, 3.05) is 0 Å². The molecular formula is C24H26SiZr. The van der Waals surface area contributed by atoms with Gasteiger partial charge < -0.3 is 0 Å². The van der Waals surface area contributed by atoms with Crippen LogP contribution in [0.1, 0.15) is 13.8 Å². The van der Waals surface area contributed by atoms with E-state index >= 15 is 0 Å². The predicted octanol–water partition coefficient (Wildman–Crippen LogP) is 6.95. The predicted molar refractivity (Wildman–Crippen MR) is 113 cm³/mol. The Kier molecular flexibility index (Phi) is 8.62. The fourth-order valence-electron chi connectivity index (χ4n) is 2.76. The monoisotopic (exact) mass is 432 g/mol. The molecule has 0 fully saturated rings. The van der Waals surface area contributed by atoms with E-state index < -0.39 is 0 Å². The maximum absolute atomic E-state index is 3.22. The van der Waals surface area contributed by atoms with Crippen LogP contribution < -0.4 is 0 Å². The van der Waals surface area contributed by atoms with Gasteiger partial charge in [-0.15, -0.1) is 46.7 Å². The molecule has 0 nitrogen and oxygen atoms in total. The van der Waals surface area contributed by atoms with Crippen LogP contribution in [-0.4, -0.2) is 5.43 Å². The van der Waals surface area contributed by atoms with Crippen LogP contribution in [0.4, 0.5) is 0 Å². The molecule has 0 aromatic heterocycles. The third kappa shape index (κ3) is 6.74. The van der Waals surface area contributed by atoms with Crippen LogP contribution in [0.15, 0.2) is 84.5 Å². The van der Waals surface area contributed by atoms with Crippen molar-refractivity contribution < 1.29 is 23.3 Å². The van der Waals surface area contributed by atoms with Crippen molar-refractivity contribution in [3.8, 4) is 11.1 Å². The Morgan fingerprint density at radius 3 is 2.15 bits per heavy atom. The Bertz CT molecular complexity index is 896. The number of hydrogen-bond acceptors (Lipinski definition) is 0. The average Bonchev–Trinajstić information content (AvgIpc) is 3.21. The van der Waals surface area contributed by atoms with Crippen LogP contribution in [-0.2, 0) is 23.3 Å². The maximum atomic E-state index is 3.22. The van der Waals surface area contributed by atoms with E-state index in [2.05, 4.69) is 112 Å². The van der Waals surface area contributed by atoms with E-state index in [1.807, 2.05) is 0 Å². The molecule has 0 radical (unpaired) electrons. The molecule has 0 aliphatic heterocycles. The number of benzene rings is 2. The number of fused-ring (bicyclic) bond motifs is 1. The smallest absolute Gasteiger partial charge is 0.0623 e. The Balaban J connectivity index is 0.000000185. The third-order valence-electron chi connectivity index (χ3n) is 3.86. The molecule has 0 amide bonds. The first-order chi connectivity index (χ1) is 12.5. The van der Waals surface area contributed by atoms with Crippen molar-refractivity contribution in [1.82, 2.24) is 0 Å². The molecule has 1 unspecified atom stereocenters. The summed E-state index contributed by atoms with van der Waals surface area (Å²) in [6, 6.07) is 23.4. The summed E-state index contributed by atoms with van der Waals surface area (Å²) in [6.07, 6.45) is 7.47. The first kappa shape index (κ1) is 20.9. The van der Waals surface area contributed by atoms with Crippen molar-refractivity contribution in [2.45, 2.75) is 26.9 Å². The molecule has 1 atom stereocenters. The molecular weight excluding hydrogens is 408 g/mol. The first-order valence-corrected chi connectivity index (χ1v) is 15.2. The summed E-state index contributed by atoms with van der Waals surface area (Å²) in [5.74, 6) is 0.556. The van der Waals surface area contributed by atoms with Crippen LogP contribution in [0.25, 0.3) is 21.9 Å². The van der Waals surface area contributed by atoms with Crippen molar-refractivity contribution in [3.05, 3.63) is 90.5 Å². The van der Waals surface area contributed by atoms with E-state index in [1.54, 1.807) is 23.3 Å². The van der Waals surface area contributed by atoms with Crippen molar-refractivity contribution in [1.29, 1.82) is 0 Å². The summed E-state index contributed by atoms with van der Waals surface area (Å²) in [5.41, 5.74) is 4.10. The Hall–Kier alpha value is -1.37. The summed E-state index contributed by atoms with van der Waals surface area (Å²) in [5, 5.41) is 2.65. The van der Waals surface area contributed by atoms with Gasteiger partial charge in [-0.25, -0.2) is 11.6 Å². The van der Waals surface area contributed by atoms with Gasteiger partial charge in [0, 0.05) is 0 Å². The molecule has 130 valence electrons. The summed E-state index contributed by atoms with van der Waals surface area (Å²) >= 11 is 1.74. The van der Waals surface area contributed by atoms with Gasteiger partial charge in [-0.05, 0) is 0 Å². The molecule has 3 aromatic carbocycles. The molecule has 0 bridgehead atoms. The molecule has 1 aliphatic rings. The van der Waals surface area contributed by atoms with E-state index in [9.17, 15) is 0 Å². The van der Waals surface area contributed by atoms with Crippen molar-refractivity contribution >= 4 is 16.2 Å². The molecule has 0 heterocycles. The fourth-order valence-corrected chi connectivity index (χ4v) is 2.76. The van der Waals surface area contributed by atoms with E-state index in [4.69, 9.17) is 0 Å². The molecule has 26 heavy (non-hydrogen) atoms. The van der Waals surface area contributed by atoms with Gasteiger partial charge in [0.05, 0.1) is 0 Å². The minimum Gasteiger partial charge on any atom is -0.150 e.